The van der Waals surface area contributed by atoms with Crippen LogP contribution < -0.4 is 0 Å². The topological polar surface area (TPSA) is 68.3 Å². The van der Waals surface area contributed by atoms with E-state index in [4.69, 9.17) is 9.52 Å². The molecule has 1 N–H and O–H groups in total. The first-order valence-corrected chi connectivity index (χ1v) is 5.37. The molecule has 0 saturated carbocycles. The molecule has 0 fully saturated rings. The highest BCUT2D eigenvalue weighted by Gasteiger charge is 2.13. The van der Waals surface area contributed by atoms with Gasteiger partial charge in [0, 0.05) is 0 Å². The van der Waals surface area contributed by atoms with E-state index in [0.29, 0.717) is 16.9 Å². The van der Waals surface area contributed by atoms with Gasteiger partial charge in [-0.1, -0.05) is 0 Å². The summed E-state index contributed by atoms with van der Waals surface area (Å²) in [7, 11) is 0. The predicted octanol–water partition coefficient (Wildman–Crippen LogP) is 2.29. The van der Waals surface area contributed by atoms with Crippen LogP contribution in [0.15, 0.2) is 27.4 Å². The molecule has 16 heavy (non-hydrogen) atoms. The molecular formula is C10H9BrN2O3. The van der Waals surface area contributed by atoms with E-state index in [1.165, 1.54) is 6.20 Å². The van der Waals surface area contributed by atoms with E-state index >= 15 is 0 Å². The van der Waals surface area contributed by atoms with Gasteiger partial charge < -0.3 is 9.52 Å². The van der Waals surface area contributed by atoms with Crippen molar-refractivity contribution in [1.82, 2.24) is 9.78 Å². The van der Waals surface area contributed by atoms with Crippen LogP contribution in [0.2, 0.25) is 0 Å². The van der Waals surface area contributed by atoms with Crippen molar-refractivity contribution in [3.05, 3.63) is 40.0 Å². The maximum Gasteiger partial charge on any atom is 0.339 e. The van der Waals surface area contributed by atoms with Gasteiger partial charge in [-0.3, -0.25) is 4.68 Å². The van der Waals surface area contributed by atoms with Gasteiger partial charge in [0.15, 0.2) is 4.67 Å². The van der Waals surface area contributed by atoms with E-state index in [1.807, 2.05) is 6.07 Å². The molecule has 0 spiro atoms. The first-order valence-electron chi connectivity index (χ1n) is 4.58. The highest BCUT2D eigenvalue weighted by molar-refractivity contribution is 9.10. The number of carboxylic acids is 1. The van der Waals surface area contributed by atoms with Gasteiger partial charge in [-0.05, 0) is 35.0 Å². The lowest BCUT2D eigenvalue weighted by molar-refractivity contribution is 0.0696. The molecule has 6 heteroatoms. The minimum Gasteiger partial charge on any atom is -0.478 e. The summed E-state index contributed by atoms with van der Waals surface area (Å²) in [6.07, 6.45) is 1.34. The highest BCUT2D eigenvalue weighted by Crippen LogP contribution is 2.16. The van der Waals surface area contributed by atoms with Crippen molar-refractivity contribution < 1.29 is 14.3 Å². The standard InChI is InChI=1S/C10H9BrN2O3/c1-6-8(10(14)15)4-12-13(6)5-7-2-3-9(11)16-7/h2-4H,5H2,1H3,(H,14,15). The van der Waals surface area contributed by atoms with Crippen LogP contribution in [0.4, 0.5) is 0 Å². The Bertz CT molecular complexity index is 530. The third-order valence-corrected chi connectivity index (χ3v) is 2.69. The zero-order valence-electron chi connectivity index (χ0n) is 8.48. The molecule has 0 aliphatic heterocycles. The van der Waals surface area contributed by atoms with Crippen molar-refractivity contribution in [3.8, 4) is 0 Å². The minimum atomic E-state index is -0.968. The number of carbonyl (C=O) groups is 1. The smallest absolute Gasteiger partial charge is 0.339 e. The third kappa shape index (κ3) is 2.01. The molecule has 0 amide bonds. The van der Waals surface area contributed by atoms with E-state index < -0.39 is 5.97 Å². The van der Waals surface area contributed by atoms with Gasteiger partial charge in [0.1, 0.15) is 11.3 Å². The number of hydrogen-bond donors (Lipinski definition) is 1. The van der Waals surface area contributed by atoms with Crippen molar-refractivity contribution in [2.24, 2.45) is 0 Å². The van der Waals surface area contributed by atoms with Crippen LogP contribution in [0.25, 0.3) is 0 Å². The summed E-state index contributed by atoms with van der Waals surface area (Å²) in [4.78, 5) is 10.8. The summed E-state index contributed by atoms with van der Waals surface area (Å²) in [6, 6.07) is 3.60. The number of furan rings is 1. The van der Waals surface area contributed by atoms with Crippen LogP contribution in [-0.4, -0.2) is 20.9 Å². The molecule has 0 aromatic carbocycles. The van der Waals surface area contributed by atoms with Crippen molar-refractivity contribution in [1.29, 1.82) is 0 Å². The van der Waals surface area contributed by atoms with Gasteiger partial charge in [0.2, 0.25) is 0 Å². The van der Waals surface area contributed by atoms with Crippen LogP contribution in [0.1, 0.15) is 21.8 Å². The summed E-state index contributed by atoms with van der Waals surface area (Å²) in [5, 5.41) is 12.9. The average Bonchev–Trinajstić information content (AvgIpc) is 2.76. The summed E-state index contributed by atoms with van der Waals surface area (Å²) in [5.41, 5.74) is 0.825. The molecule has 0 aliphatic rings. The predicted molar refractivity (Wildman–Crippen MR) is 59.4 cm³/mol. The van der Waals surface area contributed by atoms with Crippen molar-refractivity contribution in [2.45, 2.75) is 13.5 Å². The Labute approximate surface area is 99.8 Å². The lowest BCUT2D eigenvalue weighted by atomic mass is 10.3. The molecule has 0 atom stereocenters. The third-order valence-electron chi connectivity index (χ3n) is 2.27. The molecule has 84 valence electrons. The van der Waals surface area contributed by atoms with Gasteiger partial charge in [0.25, 0.3) is 0 Å². The summed E-state index contributed by atoms with van der Waals surface area (Å²) >= 11 is 3.20. The molecule has 2 heterocycles. The van der Waals surface area contributed by atoms with Crippen LogP contribution in [0.5, 0.6) is 0 Å². The fourth-order valence-corrected chi connectivity index (χ4v) is 1.74. The number of halogens is 1. The molecule has 2 aromatic heterocycles. The van der Waals surface area contributed by atoms with E-state index in [0.717, 1.165) is 5.76 Å². The van der Waals surface area contributed by atoms with Crippen LogP contribution in [0, 0.1) is 6.92 Å². The lowest BCUT2D eigenvalue weighted by Gasteiger charge is -2.01. The Hall–Kier alpha value is -1.56. The van der Waals surface area contributed by atoms with Gasteiger partial charge in [-0.25, -0.2) is 4.79 Å². The minimum absolute atomic E-state index is 0.214. The molecule has 0 unspecified atom stereocenters. The molecule has 2 rings (SSSR count). The number of aromatic nitrogens is 2. The molecule has 0 saturated heterocycles. The SMILES string of the molecule is Cc1c(C(=O)O)cnn1Cc1ccc(Br)o1. The lowest BCUT2D eigenvalue weighted by Crippen LogP contribution is -2.05. The van der Waals surface area contributed by atoms with Crippen molar-refractivity contribution in [3.63, 3.8) is 0 Å². The quantitative estimate of drug-likeness (QED) is 0.939. The number of hydrogen-bond acceptors (Lipinski definition) is 3. The number of carboxylic acid groups (broad SMARTS) is 1. The van der Waals surface area contributed by atoms with Gasteiger partial charge >= 0.3 is 5.97 Å². The Kier molecular flexibility index (Phi) is 2.82. The number of aromatic carboxylic acids is 1. The second-order valence-corrected chi connectivity index (χ2v) is 4.09. The molecular weight excluding hydrogens is 276 g/mol. The van der Waals surface area contributed by atoms with Crippen LogP contribution in [-0.2, 0) is 6.54 Å². The van der Waals surface area contributed by atoms with Crippen molar-refractivity contribution in [2.75, 3.05) is 0 Å². The molecule has 5 nitrogen and oxygen atoms in total. The number of rotatable bonds is 3. The maximum absolute atomic E-state index is 10.8. The summed E-state index contributed by atoms with van der Waals surface area (Å²) in [6.45, 7) is 2.14. The summed E-state index contributed by atoms with van der Waals surface area (Å²) in [5.74, 6) is -0.251. The first kappa shape index (κ1) is 10.9. The average molecular weight is 285 g/mol. The van der Waals surface area contributed by atoms with Gasteiger partial charge in [0.05, 0.1) is 18.4 Å². The Morgan fingerprint density at radius 3 is 2.88 bits per heavy atom. The molecule has 0 bridgehead atoms. The second-order valence-electron chi connectivity index (χ2n) is 3.31. The van der Waals surface area contributed by atoms with Crippen LogP contribution >= 0.6 is 15.9 Å². The van der Waals surface area contributed by atoms with E-state index in [1.54, 1.807) is 17.7 Å². The zero-order valence-corrected chi connectivity index (χ0v) is 10.1. The van der Waals surface area contributed by atoms with Gasteiger partial charge in [-0.2, -0.15) is 5.10 Å². The molecule has 0 aliphatic carbocycles. The fraction of sp³-hybridized carbons (Fsp3) is 0.200. The Balaban J connectivity index is 2.25. The molecule has 0 radical (unpaired) electrons. The van der Waals surface area contributed by atoms with Crippen LogP contribution in [0.3, 0.4) is 0 Å². The van der Waals surface area contributed by atoms with Crippen molar-refractivity contribution >= 4 is 21.9 Å². The first-order chi connectivity index (χ1) is 7.58. The fourth-order valence-electron chi connectivity index (χ4n) is 1.40. The monoisotopic (exact) mass is 284 g/mol. The number of nitrogens with zero attached hydrogens (tertiary/aromatic N) is 2. The van der Waals surface area contributed by atoms with E-state index in [-0.39, 0.29) is 5.56 Å². The second kappa shape index (κ2) is 4.13. The van der Waals surface area contributed by atoms with E-state index in [9.17, 15) is 4.79 Å². The molecule has 2 aromatic rings. The Morgan fingerprint density at radius 2 is 2.38 bits per heavy atom. The maximum atomic E-state index is 10.8. The normalized spacial score (nSPS) is 10.6. The highest BCUT2D eigenvalue weighted by atomic mass is 79.9. The zero-order chi connectivity index (χ0) is 11.7. The summed E-state index contributed by atoms with van der Waals surface area (Å²) < 4.78 is 7.56. The van der Waals surface area contributed by atoms with Gasteiger partial charge in [-0.15, -0.1) is 0 Å². The van der Waals surface area contributed by atoms with E-state index in [2.05, 4.69) is 21.0 Å². The Morgan fingerprint density at radius 1 is 1.62 bits per heavy atom. The largest absolute Gasteiger partial charge is 0.478 e.